The molecule has 0 spiro atoms. The number of ketones is 2. The van der Waals surface area contributed by atoms with Gasteiger partial charge in [-0.15, -0.1) is 13.2 Å². The average molecular weight is 497 g/mol. The highest BCUT2D eigenvalue weighted by Crippen LogP contribution is 2.41. The largest absolute Gasteiger partial charge is 0.573 e. The molecule has 0 radical (unpaired) electrons. The van der Waals surface area contributed by atoms with E-state index in [4.69, 9.17) is 0 Å². The molecule has 0 bridgehead atoms. The smallest absolute Gasteiger partial charge is 0.406 e. The van der Waals surface area contributed by atoms with Gasteiger partial charge in [0, 0.05) is 5.56 Å². The summed E-state index contributed by atoms with van der Waals surface area (Å²) in [5, 5.41) is 0. The lowest BCUT2D eigenvalue weighted by Gasteiger charge is -2.27. The fourth-order valence-electron chi connectivity index (χ4n) is 4.14. The topological polar surface area (TPSA) is 89.5 Å². The predicted octanol–water partition coefficient (Wildman–Crippen LogP) is 4.96. The molecule has 1 amide bonds. The van der Waals surface area contributed by atoms with E-state index < -0.39 is 41.5 Å². The number of carbonyl (C=O) groups excluding carboxylic acids is 3. The van der Waals surface area contributed by atoms with Crippen LogP contribution >= 0.6 is 0 Å². The van der Waals surface area contributed by atoms with Gasteiger partial charge in [0.1, 0.15) is 17.5 Å². The minimum atomic E-state index is -4.88. The van der Waals surface area contributed by atoms with Gasteiger partial charge in [-0.25, -0.2) is 9.97 Å². The minimum Gasteiger partial charge on any atom is -0.406 e. The summed E-state index contributed by atoms with van der Waals surface area (Å²) in [6.45, 7) is 5.64. The number of Topliss-reactive ketones (excluding diaryl/α,β-unsaturated/α-hetero) is 2. The molecular formula is C26H22F3N3O4. The van der Waals surface area contributed by atoms with Crippen LogP contribution in [0.3, 0.4) is 0 Å². The van der Waals surface area contributed by atoms with Gasteiger partial charge >= 0.3 is 6.36 Å². The maximum absolute atomic E-state index is 13.5. The van der Waals surface area contributed by atoms with Gasteiger partial charge in [-0.05, 0) is 36.1 Å². The summed E-state index contributed by atoms with van der Waals surface area (Å²) in [5.41, 5.74) is 1.71. The average Bonchev–Trinajstić information content (AvgIpc) is 3.09. The number of hydrogen-bond donors (Lipinski definition) is 0. The standard InChI is InChI=1S/C26H22F3N3O4/c1-14(2)16-4-6-18(7-5-16)23(33)21-22(17-8-10-20(11-9-17)36-26(27,28)29)32(25(35)24(21)34)19-12-30-15(3)31-13-19/h4-14,21-22H,1-3H3. The Morgan fingerprint density at radius 3 is 2.08 bits per heavy atom. The van der Waals surface area contributed by atoms with Gasteiger partial charge in [0.25, 0.3) is 5.91 Å². The van der Waals surface area contributed by atoms with Crippen LogP contribution in [0.2, 0.25) is 0 Å². The molecule has 4 rings (SSSR count). The Bertz CT molecular complexity index is 1290. The molecule has 1 saturated heterocycles. The van der Waals surface area contributed by atoms with E-state index in [0.29, 0.717) is 5.82 Å². The lowest BCUT2D eigenvalue weighted by atomic mass is 9.85. The molecule has 0 aliphatic carbocycles. The SMILES string of the molecule is Cc1ncc(N2C(=O)C(=O)C(C(=O)c3ccc(C(C)C)cc3)C2c2ccc(OC(F)(F)F)cc2)cn1. The van der Waals surface area contributed by atoms with Crippen LogP contribution in [0.5, 0.6) is 5.75 Å². The van der Waals surface area contributed by atoms with Gasteiger partial charge in [0.05, 0.1) is 24.1 Å². The van der Waals surface area contributed by atoms with E-state index in [9.17, 15) is 27.6 Å². The van der Waals surface area contributed by atoms with Crippen LogP contribution in [0.4, 0.5) is 18.9 Å². The number of amides is 1. The zero-order valence-corrected chi connectivity index (χ0v) is 19.6. The summed E-state index contributed by atoms with van der Waals surface area (Å²) < 4.78 is 41.8. The molecule has 2 unspecified atom stereocenters. The van der Waals surface area contributed by atoms with Crippen molar-refractivity contribution in [3.8, 4) is 5.75 Å². The van der Waals surface area contributed by atoms with E-state index in [1.54, 1.807) is 31.2 Å². The lowest BCUT2D eigenvalue weighted by molar-refractivity contribution is -0.274. The van der Waals surface area contributed by atoms with Gasteiger partial charge in [-0.1, -0.05) is 50.2 Å². The van der Waals surface area contributed by atoms with Gasteiger partial charge in [0.15, 0.2) is 5.78 Å². The molecule has 2 heterocycles. The maximum Gasteiger partial charge on any atom is 0.573 e. The number of halogens is 3. The highest BCUT2D eigenvalue weighted by Gasteiger charge is 2.52. The third-order valence-electron chi connectivity index (χ3n) is 5.95. The molecule has 2 aromatic carbocycles. The lowest BCUT2D eigenvalue weighted by Crippen LogP contribution is -2.31. The number of anilines is 1. The van der Waals surface area contributed by atoms with Crippen LogP contribution in [0.1, 0.15) is 53.1 Å². The predicted molar refractivity (Wildman–Crippen MR) is 123 cm³/mol. The third-order valence-corrected chi connectivity index (χ3v) is 5.95. The number of ether oxygens (including phenoxy) is 1. The third kappa shape index (κ3) is 4.98. The minimum absolute atomic E-state index is 0.185. The van der Waals surface area contributed by atoms with Crippen LogP contribution in [0.15, 0.2) is 60.9 Å². The number of nitrogens with zero attached hydrogens (tertiary/aromatic N) is 3. The molecule has 10 heteroatoms. The normalized spacial score (nSPS) is 18.1. The molecule has 1 aliphatic heterocycles. The van der Waals surface area contributed by atoms with E-state index in [0.717, 1.165) is 22.6 Å². The van der Waals surface area contributed by atoms with Gasteiger partial charge < -0.3 is 4.74 Å². The summed E-state index contributed by atoms with van der Waals surface area (Å²) in [6.07, 6.45) is -2.18. The first-order valence-electron chi connectivity index (χ1n) is 11.1. The summed E-state index contributed by atoms with van der Waals surface area (Å²) in [4.78, 5) is 49.1. The summed E-state index contributed by atoms with van der Waals surface area (Å²) in [5.74, 6) is -3.66. The van der Waals surface area contributed by atoms with Gasteiger partial charge in [-0.2, -0.15) is 0 Å². The second kappa shape index (κ2) is 9.52. The summed E-state index contributed by atoms with van der Waals surface area (Å²) >= 11 is 0. The number of benzene rings is 2. The number of aryl methyl sites for hydroxylation is 1. The Morgan fingerprint density at radius 2 is 1.56 bits per heavy atom. The molecule has 0 saturated carbocycles. The molecule has 3 aromatic rings. The number of alkyl halides is 3. The van der Waals surface area contributed by atoms with Crippen molar-refractivity contribution in [1.29, 1.82) is 0 Å². The fourth-order valence-corrected chi connectivity index (χ4v) is 4.14. The molecule has 1 fully saturated rings. The Balaban J connectivity index is 1.78. The van der Waals surface area contributed by atoms with Crippen molar-refractivity contribution in [1.82, 2.24) is 9.97 Å². The van der Waals surface area contributed by atoms with Crippen LogP contribution in [0, 0.1) is 12.8 Å². The highest BCUT2D eigenvalue weighted by molar-refractivity contribution is 6.49. The molecule has 0 N–H and O–H groups in total. The molecule has 186 valence electrons. The molecule has 1 aromatic heterocycles. The van der Waals surface area contributed by atoms with Crippen molar-refractivity contribution in [3.63, 3.8) is 0 Å². The van der Waals surface area contributed by atoms with Gasteiger partial charge in [-0.3, -0.25) is 19.3 Å². The van der Waals surface area contributed by atoms with Crippen molar-refractivity contribution in [2.24, 2.45) is 5.92 Å². The molecule has 1 aliphatic rings. The Hall–Kier alpha value is -4.08. The Kier molecular flexibility index (Phi) is 6.62. The summed E-state index contributed by atoms with van der Waals surface area (Å²) in [6, 6.07) is 10.4. The quantitative estimate of drug-likeness (QED) is 0.272. The second-order valence-electron chi connectivity index (χ2n) is 8.71. The first kappa shape index (κ1) is 25.0. The fraction of sp³-hybridized carbons (Fsp3) is 0.269. The molecule has 7 nitrogen and oxygen atoms in total. The van der Waals surface area contributed by atoms with Crippen LogP contribution in [-0.2, 0) is 9.59 Å². The first-order chi connectivity index (χ1) is 17.0. The zero-order valence-electron chi connectivity index (χ0n) is 19.6. The van der Waals surface area contributed by atoms with Crippen LogP contribution in [-0.4, -0.2) is 33.8 Å². The van der Waals surface area contributed by atoms with Crippen molar-refractivity contribution in [2.45, 2.75) is 39.1 Å². The highest BCUT2D eigenvalue weighted by atomic mass is 19.4. The number of aromatic nitrogens is 2. The van der Waals surface area contributed by atoms with Crippen molar-refractivity contribution >= 4 is 23.2 Å². The van der Waals surface area contributed by atoms with Crippen molar-refractivity contribution in [3.05, 3.63) is 83.4 Å². The van der Waals surface area contributed by atoms with Crippen LogP contribution in [0.25, 0.3) is 0 Å². The van der Waals surface area contributed by atoms with Crippen LogP contribution < -0.4 is 9.64 Å². The van der Waals surface area contributed by atoms with E-state index in [2.05, 4.69) is 14.7 Å². The number of carbonyl (C=O) groups is 3. The van der Waals surface area contributed by atoms with E-state index in [-0.39, 0.29) is 22.7 Å². The van der Waals surface area contributed by atoms with Crippen molar-refractivity contribution < 1.29 is 32.3 Å². The molecular weight excluding hydrogens is 475 g/mol. The summed E-state index contributed by atoms with van der Waals surface area (Å²) in [7, 11) is 0. The Morgan fingerprint density at radius 1 is 0.972 bits per heavy atom. The molecule has 36 heavy (non-hydrogen) atoms. The van der Waals surface area contributed by atoms with E-state index >= 15 is 0 Å². The van der Waals surface area contributed by atoms with E-state index in [1.807, 2.05) is 13.8 Å². The van der Waals surface area contributed by atoms with Gasteiger partial charge in [0.2, 0.25) is 5.78 Å². The first-order valence-corrected chi connectivity index (χ1v) is 11.1. The van der Waals surface area contributed by atoms with Crippen molar-refractivity contribution in [2.75, 3.05) is 4.90 Å². The number of hydrogen-bond acceptors (Lipinski definition) is 6. The zero-order chi connectivity index (χ0) is 26.2. The Labute approximate surface area is 204 Å². The maximum atomic E-state index is 13.5. The monoisotopic (exact) mass is 497 g/mol. The second-order valence-corrected chi connectivity index (χ2v) is 8.71. The number of rotatable bonds is 6. The van der Waals surface area contributed by atoms with E-state index in [1.165, 1.54) is 24.5 Å². The molecule has 2 atom stereocenters.